The molecule has 0 atom stereocenters. The summed E-state index contributed by atoms with van der Waals surface area (Å²) >= 11 is 11.2. The monoisotopic (exact) mass is 280 g/mol. The smallest absolute Gasteiger partial charge is 0.123 e. The standard InChI is InChI=1S/C13H13ClN2OS/c1-16(8-9-4-3-7-17-9)11-6-2-5-10(14)12(11)13(15)18/h2-7H,8H2,1H3,(H2,15,18). The minimum Gasteiger partial charge on any atom is -0.467 e. The molecule has 0 spiro atoms. The molecule has 0 fully saturated rings. The van der Waals surface area contributed by atoms with E-state index in [1.807, 2.05) is 36.2 Å². The Kier molecular flexibility index (Phi) is 3.89. The van der Waals surface area contributed by atoms with Crippen LogP contribution in [0.1, 0.15) is 11.3 Å². The number of rotatable bonds is 4. The maximum Gasteiger partial charge on any atom is 0.123 e. The van der Waals surface area contributed by atoms with E-state index in [2.05, 4.69) is 0 Å². The molecule has 18 heavy (non-hydrogen) atoms. The predicted molar refractivity (Wildman–Crippen MR) is 78.2 cm³/mol. The first-order valence-electron chi connectivity index (χ1n) is 5.41. The third-order valence-electron chi connectivity index (χ3n) is 2.62. The van der Waals surface area contributed by atoms with Gasteiger partial charge in [-0.2, -0.15) is 0 Å². The SMILES string of the molecule is CN(Cc1ccco1)c1cccc(Cl)c1C(N)=S. The molecule has 2 N–H and O–H groups in total. The van der Waals surface area contributed by atoms with Gasteiger partial charge in [0.2, 0.25) is 0 Å². The maximum absolute atomic E-state index is 6.13. The van der Waals surface area contributed by atoms with Crippen molar-refractivity contribution in [3.63, 3.8) is 0 Å². The summed E-state index contributed by atoms with van der Waals surface area (Å²) < 4.78 is 5.32. The molecule has 0 aliphatic carbocycles. The van der Waals surface area contributed by atoms with Gasteiger partial charge in [0, 0.05) is 12.7 Å². The van der Waals surface area contributed by atoms with Crippen molar-refractivity contribution < 1.29 is 4.42 Å². The number of halogens is 1. The highest BCUT2D eigenvalue weighted by atomic mass is 35.5. The minimum atomic E-state index is 0.293. The van der Waals surface area contributed by atoms with Crippen molar-refractivity contribution in [1.29, 1.82) is 0 Å². The topological polar surface area (TPSA) is 42.4 Å². The highest BCUT2D eigenvalue weighted by Crippen LogP contribution is 2.27. The summed E-state index contributed by atoms with van der Waals surface area (Å²) in [5, 5.41) is 0.561. The fourth-order valence-electron chi connectivity index (χ4n) is 1.80. The van der Waals surface area contributed by atoms with E-state index in [9.17, 15) is 0 Å². The Morgan fingerprint density at radius 1 is 1.39 bits per heavy atom. The number of anilines is 1. The summed E-state index contributed by atoms with van der Waals surface area (Å²) in [5.74, 6) is 0.867. The van der Waals surface area contributed by atoms with Crippen LogP contribution in [0.4, 0.5) is 5.69 Å². The summed E-state index contributed by atoms with van der Waals surface area (Å²) in [6, 6.07) is 9.36. The lowest BCUT2D eigenvalue weighted by atomic mass is 10.1. The van der Waals surface area contributed by atoms with Crippen LogP contribution in [0, 0.1) is 0 Å². The lowest BCUT2D eigenvalue weighted by molar-refractivity contribution is 0.507. The van der Waals surface area contributed by atoms with Crippen LogP contribution in [-0.4, -0.2) is 12.0 Å². The number of furan rings is 1. The Labute approximate surface area is 116 Å². The largest absolute Gasteiger partial charge is 0.467 e. The number of hydrogen-bond acceptors (Lipinski definition) is 3. The zero-order valence-electron chi connectivity index (χ0n) is 9.89. The fourth-order valence-corrected chi connectivity index (χ4v) is 2.34. The lowest BCUT2D eigenvalue weighted by Gasteiger charge is -2.21. The molecule has 1 aromatic heterocycles. The summed E-state index contributed by atoms with van der Waals surface area (Å²) in [5.41, 5.74) is 7.32. The highest BCUT2D eigenvalue weighted by molar-refractivity contribution is 7.80. The van der Waals surface area contributed by atoms with Crippen LogP contribution in [0.5, 0.6) is 0 Å². The fraction of sp³-hybridized carbons (Fsp3) is 0.154. The van der Waals surface area contributed by atoms with E-state index in [1.165, 1.54) is 0 Å². The number of thiocarbonyl (C=S) groups is 1. The molecule has 94 valence electrons. The normalized spacial score (nSPS) is 10.3. The molecular weight excluding hydrogens is 268 g/mol. The van der Waals surface area contributed by atoms with Gasteiger partial charge >= 0.3 is 0 Å². The molecule has 0 radical (unpaired) electrons. The van der Waals surface area contributed by atoms with E-state index in [1.54, 1.807) is 12.3 Å². The van der Waals surface area contributed by atoms with Crippen molar-refractivity contribution in [2.45, 2.75) is 6.54 Å². The van der Waals surface area contributed by atoms with Crippen molar-refractivity contribution in [3.05, 3.63) is 52.9 Å². The zero-order valence-corrected chi connectivity index (χ0v) is 11.5. The molecule has 2 rings (SSSR count). The molecule has 0 aliphatic heterocycles. The van der Waals surface area contributed by atoms with Gasteiger partial charge in [0.25, 0.3) is 0 Å². The molecule has 5 heteroatoms. The second-order valence-corrected chi connectivity index (χ2v) is 4.78. The second kappa shape index (κ2) is 5.42. The molecule has 1 heterocycles. The van der Waals surface area contributed by atoms with E-state index < -0.39 is 0 Å². The molecule has 3 nitrogen and oxygen atoms in total. The van der Waals surface area contributed by atoms with E-state index in [-0.39, 0.29) is 0 Å². The lowest BCUT2D eigenvalue weighted by Crippen LogP contribution is -2.21. The van der Waals surface area contributed by atoms with Gasteiger partial charge in [-0.05, 0) is 24.3 Å². The van der Waals surface area contributed by atoms with E-state index in [0.717, 1.165) is 11.4 Å². The van der Waals surface area contributed by atoms with E-state index in [4.69, 9.17) is 34.0 Å². The first kappa shape index (κ1) is 12.9. The third kappa shape index (κ3) is 2.66. The first-order valence-corrected chi connectivity index (χ1v) is 6.20. The van der Waals surface area contributed by atoms with Gasteiger partial charge in [-0.3, -0.25) is 0 Å². The van der Waals surface area contributed by atoms with Crippen LogP contribution in [0.3, 0.4) is 0 Å². The maximum atomic E-state index is 6.13. The molecule has 0 saturated carbocycles. The first-order chi connectivity index (χ1) is 8.59. The second-order valence-electron chi connectivity index (χ2n) is 3.93. The van der Waals surface area contributed by atoms with Gasteiger partial charge in [-0.25, -0.2) is 0 Å². The van der Waals surface area contributed by atoms with Crippen molar-refractivity contribution in [2.75, 3.05) is 11.9 Å². The van der Waals surface area contributed by atoms with Crippen LogP contribution in [-0.2, 0) is 6.54 Å². The van der Waals surface area contributed by atoms with Crippen LogP contribution >= 0.6 is 23.8 Å². The molecule has 2 aromatic rings. The Morgan fingerprint density at radius 2 is 2.17 bits per heavy atom. The van der Waals surface area contributed by atoms with E-state index in [0.29, 0.717) is 22.1 Å². The van der Waals surface area contributed by atoms with Gasteiger partial charge in [0.15, 0.2) is 0 Å². The number of nitrogens with two attached hydrogens (primary N) is 1. The van der Waals surface area contributed by atoms with Crippen molar-refractivity contribution in [2.24, 2.45) is 5.73 Å². The summed E-state index contributed by atoms with van der Waals surface area (Å²) in [4.78, 5) is 2.29. The Balaban J connectivity index is 2.32. The molecular formula is C13H13ClN2OS. The summed E-state index contributed by atoms with van der Waals surface area (Å²) in [6.45, 7) is 0.628. The Hall–Kier alpha value is -1.52. The number of benzene rings is 1. The average Bonchev–Trinajstić information content (AvgIpc) is 2.80. The van der Waals surface area contributed by atoms with Crippen LogP contribution in [0.2, 0.25) is 5.02 Å². The van der Waals surface area contributed by atoms with Crippen LogP contribution in [0.15, 0.2) is 41.0 Å². The highest BCUT2D eigenvalue weighted by Gasteiger charge is 2.14. The van der Waals surface area contributed by atoms with Crippen molar-refractivity contribution >= 4 is 34.5 Å². The molecule has 0 bridgehead atoms. The summed E-state index contributed by atoms with van der Waals surface area (Å²) in [7, 11) is 1.94. The summed E-state index contributed by atoms with van der Waals surface area (Å²) in [6.07, 6.45) is 1.65. The minimum absolute atomic E-state index is 0.293. The Bertz CT molecular complexity index is 554. The van der Waals surface area contributed by atoms with Gasteiger partial charge in [-0.15, -0.1) is 0 Å². The van der Waals surface area contributed by atoms with Gasteiger partial charge < -0.3 is 15.1 Å². The molecule has 0 unspecified atom stereocenters. The van der Waals surface area contributed by atoms with Crippen molar-refractivity contribution in [3.8, 4) is 0 Å². The molecule has 1 aromatic carbocycles. The quantitative estimate of drug-likeness (QED) is 0.874. The zero-order chi connectivity index (χ0) is 13.1. The van der Waals surface area contributed by atoms with Gasteiger partial charge in [-0.1, -0.05) is 29.9 Å². The van der Waals surface area contributed by atoms with E-state index >= 15 is 0 Å². The average molecular weight is 281 g/mol. The Morgan fingerprint density at radius 3 is 2.78 bits per heavy atom. The molecule has 0 amide bonds. The molecule has 0 saturated heterocycles. The van der Waals surface area contributed by atoms with Gasteiger partial charge in [0.05, 0.1) is 23.4 Å². The number of nitrogens with zero attached hydrogens (tertiary/aromatic N) is 1. The van der Waals surface area contributed by atoms with Crippen LogP contribution < -0.4 is 10.6 Å². The predicted octanol–water partition coefficient (Wildman–Crippen LogP) is 3.20. The van der Waals surface area contributed by atoms with Gasteiger partial charge in [0.1, 0.15) is 10.7 Å². The van der Waals surface area contributed by atoms with Crippen molar-refractivity contribution in [1.82, 2.24) is 0 Å². The van der Waals surface area contributed by atoms with Crippen LogP contribution in [0.25, 0.3) is 0 Å². The molecule has 0 aliphatic rings. The number of hydrogen-bond donors (Lipinski definition) is 1. The third-order valence-corrected chi connectivity index (χ3v) is 3.14.